The molecule has 0 N–H and O–H groups in total. The zero-order valence-corrected chi connectivity index (χ0v) is 32.1. The number of hydrogen-bond donors (Lipinski definition) is 0. The summed E-state index contributed by atoms with van der Waals surface area (Å²) in [7, 11) is 0. The Morgan fingerprint density at radius 2 is 0.674 bits per heavy atom. The first-order valence-electron chi connectivity index (χ1n) is 21.5. The predicted octanol–water partition coefficient (Wildman–Crippen LogP) is 14.8. The molecule has 0 amide bonds. The van der Waals surface area contributed by atoms with Gasteiger partial charge < -0.3 is 0 Å². The molecule has 46 heavy (non-hydrogen) atoms. The molecule has 5 aliphatic rings. The van der Waals surface area contributed by atoms with Gasteiger partial charge in [-0.05, 0) is 136 Å². The fourth-order valence-corrected chi connectivity index (χ4v) is 10.6. The summed E-state index contributed by atoms with van der Waals surface area (Å²) in [6.07, 6.45) is 36.5. The van der Waals surface area contributed by atoms with Gasteiger partial charge in [-0.15, -0.1) is 0 Å². The van der Waals surface area contributed by atoms with Gasteiger partial charge in [-0.1, -0.05) is 154 Å². The second kappa shape index (κ2) is 20.7. The number of aryl methyl sites for hydroxylation is 2. The van der Waals surface area contributed by atoms with Crippen LogP contribution in [0, 0.1) is 66.1 Å². The van der Waals surface area contributed by atoms with Crippen LogP contribution >= 0.6 is 0 Å². The third-order valence-electron chi connectivity index (χ3n) is 14.3. The zero-order valence-electron chi connectivity index (χ0n) is 32.1. The van der Waals surface area contributed by atoms with Gasteiger partial charge >= 0.3 is 0 Å². The first-order chi connectivity index (χ1) is 22.4. The Morgan fingerprint density at radius 1 is 0.391 bits per heavy atom. The first-order valence-corrected chi connectivity index (χ1v) is 21.5. The molecule has 5 fully saturated rings. The highest BCUT2D eigenvalue weighted by molar-refractivity contribution is 5.21. The highest BCUT2D eigenvalue weighted by Crippen LogP contribution is 2.44. The molecular formula is C46H80. The van der Waals surface area contributed by atoms with Crippen molar-refractivity contribution in [3.8, 4) is 0 Å². The maximum Gasteiger partial charge on any atom is -0.0276 e. The average molecular weight is 633 g/mol. The minimum atomic E-state index is 1.00. The summed E-state index contributed by atoms with van der Waals surface area (Å²) in [6, 6.07) is 9.17. The predicted molar refractivity (Wildman–Crippen MR) is 204 cm³/mol. The van der Waals surface area contributed by atoms with Crippen molar-refractivity contribution in [1.29, 1.82) is 0 Å². The summed E-state index contributed by atoms with van der Waals surface area (Å²) in [5.41, 5.74) is 2.92. The van der Waals surface area contributed by atoms with Crippen LogP contribution in [-0.4, -0.2) is 0 Å². The topological polar surface area (TPSA) is 0 Å². The molecule has 0 bridgehead atoms. The van der Waals surface area contributed by atoms with Crippen molar-refractivity contribution in [3.63, 3.8) is 0 Å². The Kier molecular flexibility index (Phi) is 17.1. The van der Waals surface area contributed by atoms with E-state index in [0.29, 0.717) is 0 Å². The monoisotopic (exact) mass is 633 g/mol. The van der Waals surface area contributed by atoms with E-state index in [2.05, 4.69) is 52.0 Å². The highest BCUT2D eigenvalue weighted by Gasteiger charge is 2.31. The number of rotatable bonds is 8. The maximum absolute atomic E-state index is 2.46. The maximum atomic E-state index is 2.46. The van der Waals surface area contributed by atoms with Crippen molar-refractivity contribution in [1.82, 2.24) is 0 Å². The summed E-state index contributed by atoms with van der Waals surface area (Å²) >= 11 is 0. The lowest BCUT2D eigenvalue weighted by Gasteiger charge is -2.37. The molecule has 1 aromatic rings. The molecule has 0 aliphatic heterocycles. The lowest BCUT2D eigenvalue weighted by Crippen LogP contribution is -2.25. The van der Waals surface area contributed by atoms with E-state index in [9.17, 15) is 0 Å². The first kappa shape index (κ1) is 38.0. The van der Waals surface area contributed by atoms with Gasteiger partial charge in [0.25, 0.3) is 0 Å². The van der Waals surface area contributed by atoms with Crippen molar-refractivity contribution >= 4 is 0 Å². The Balaban J connectivity index is 0.000000198. The fraction of sp³-hybridized carbons (Fsp3) is 0.870. The molecule has 0 heteroatoms. The van der Waals surface area contributed by atoms with Crippen molar-refractivity contribution in [2.45, 2.75) is 196 Å². The van der Waals surface area contributed by atoms with E-state index in [4.69, 9.17) is 0 Å². The van der Waals surface area contributed by atoms with E-state index >= 15 is 0 Å². The van der Waals surface area contributed by atoms with Crippen LogP contribution in [0.5, 0.6) is 0 Å². The summed E-state index contributed by atoms with van der Waals surface area (Å²) in [5, 5.41) is 0. The van der Waals surface area contributed by atoms with E-state index in [-0.39, 0.29) is 0 Å². The van der Waals surface area contributed by atoms with Gasteiger partial charge in [-0.25, -0.2) is 0 Å². The van der Waals surface area contributed by atoms with Crippen molar-refractivity contribution < 1.29 is 0 Å². The quantitative estimate of drug-likeness (QED) is 0.267. The van der Waals surface area contributed by atoms with E-state index in [1.54, 1.807) is 51.4 Å². The smallest absolute Gasteiger partial charge is 0.0276 e. The molecule has 0 saturated heterocycles. The van der Waals surface area contributed by atoms with Crippen LogP contribution in [0.4, 0.5) is 0 Å². The average Bonchev–Trinajstić information content (AvgIpc) is 3.10. The summed E-state index contributed by atoms with van der Waals surface area (Å²) < 4.78 is 0. The van der Waals surface area contributed by atoms with Crippen LogP contribution < -0.4 is 0 Å². The minimum absolute atomic E-state index is 1.00. The van der Waals surface area contributed by atoms with Gasteiger partial charge in [0.15, 0.2) is 0 Å². The van der Waals surface area contributed by atoms with Gasteiger partial charge in [-0.3, -0.25) is 0 Å². The van der Waals surface area contributed by atoms with Crippen LogP contribution in [0.15, 0.2) is 24.3 Å². The molecular weight excluding hydrogens is 553 g/mol. The third kappa shape index (κ3) is 12.9. The van der Waals surface area contributed by atoms with Crippen LogP contribution in [0.2, 0.25) is 0 Å². The lowest BCUT2D eigenvalue weighted by atomic mass is 9.68. The van der Waals surface area contributed by atoms with Crippen LogP contribution in [0.25, 0.3) is 0 Å². The van der Waals surface area contributed by atoms with E-state index in [0.717, 1.165) is 59.2 Å². The highest BCUT2D eigenvalue weighted by atomic mass is 14.4. The molecule has 5 aliphatic carbocycles. The molecule has 0 atom stereocenters. The molecule has 0 aromatic heterocycles. The lowest BCUT2D eigenvalue weighted by molar-refractivity contribution is 0.142. The number of hydrogen-bond acceptors (Lipinski definition) is 0. The normalized spacial score (nSPS) is 36.8. The van der Waals surface area contributed by atoms with Gasteiger partial charge in [0.2, 0.25) is 0 Å². The van der Waals surface area contributed by atoms with Crippen LogP contribution in [0.3, 0.4) is 0 Å². The van der Waals surface area contributed by atoms with Crippen molar-refractivity contribution in [3.05, 3.63) is 35.4 Å². The second-order valence-electron chi connectivity index (χ2n) is 17.8. The summed E-state index contributed by atoms with van der Waals surface area (Å²) in [4.78, 5) is 0. The van der Waals surface area contributed by atoms with Crippen LogP contribution in [0.1, 0.15) is 193 Å². The van der Waals surface area contributed by atoms with Crippen molar-refractivity contribution in [2.24, 2.45) is 59.2 Å². The van der Waals surface area contributed by atoms with E-state index in [1.165, 1.54) is 114 Å². The van der Waals surface area contributed by atoms with Gasteiger partial charge in [0.1, 0.15) is 0 Å². The molecule has 0 nitrogen and oxygen atoms in total. The summed E-state index contributed by atoms with van der Waals surface area (Å²) in [6.45, 7) is 13.5. The Bertz CT molecular complexity index is 872. The molecule has 0 heterocycles. The molecule has 5 saturated carbocycles. The largest absolute Gasteiger partial charge is 0.0683 e. The molecule has 264 valence electrons. The molecule has 1 aromatic carbocycles. The minimum Gasteiger partial charge on any atom is -0.0683 e. The van der Waals surface area contributed by atoms with Crippen molar-refractivity contribution in [2.75, 3.05) is 0 Å². The van der Waals surface area contributed by atoms with Crippen LogP contribution in [-0.2, 0) is 6.42 Å². The Morgan fingerprint density at radius 3 is 1.04 bits per heavy atom. The molecule has 0 unspecified atom stereocenters. The molecule has 0 spiro atoms. The standard InChI is InChI=1S/C22H40.C22H34.C2H6/c2*1-17-3-7-19(8-4-17)9-10-20-11-15-22(16-12-20)21-13-5-18(2)6-14-21;1-2/h17-22H,3-16H2,1-2H3;3-4,7-8,18,20-22H,5-6,9-16H2,1-2H3;1-2H3. The van der Waals surface area contributed by atoms with E-state index in [1.807, 2.05) is 13.8 Å². The second-order valence-corrected chi connectivity index (χ2v) is 17.8. The Labute approximate surface area is 289 Å². The third-order valence-corrected chi connectivity index (χ3v) is 14.3. The number of benzene rings is 1. The molecule has 0 radical (unpaired) electrons. The van der Waals surface area contributed by atoms with Gasteiger partial charge in [0, 0.05) is 0 Å². The Hall–Kier alpha value is -0.780. The van der Waals surface area contributed by atoms with Gasteiger partial charge in [0.05, 0.1) is 0 Å². The van der Waals surface area contributed by atoms with E-state index < -0.39 is 0 Å². The fourth-order valence-electron chi connectivity index (χ4n) is 10.6. The summed E-state index contributed by atoms with van der Waals surface area (Å²) in [5.74, 6) is 10.6. The molecule has 6 rings (SSSR count). The SMILES string of the molecule is CC.CC1CCC(CCC2CCC(C3CCC(C)CC3)CC2)CC1.Cc1ccc(CCC2CCC(C3CCC(C)CC3)CC2)cc1. The van der Waals surface area contributed by atoms with Gasteiger partial charge in [-0.2, -0.15) is 0 Å². The zero-order chi connectivity index (χ0) is 32.7.